The monoisotopic (exact) mass is 213 g/mol. The molecule has 0 fully saturated rings. The summed E-state index contributed by atoms with van der Waals surface area (Å²) >= 11 is 5.46. The average Bonchev–Trinajstić information content (AvgIpc) is 2.56. The number of benzene rings is 1. The molecule has 14 heavy (non-hydrogen) atoms. The van der Waals surface area contributed by atoms with E-state index in [4.69, 9.17) is 20.8 Å². The predicted molar refractivity (Wildman–Crippen MR) is 48.0 cm³/mol. The summed E-state index contributed by atoms with van der Waals surface area (Å²) in [6, 6.07) is 5.95. The zero-order valence-corrected chi connectivity index (χ0v) is 7.66. The Morgan fingerprint density at radius 2 is 2.14 bits per heavy atom. The number of oxazole rings is 1. The van der Waals surface area contributed by atoms with E-state index >= 15 is 0 Å². The molecule has 0 aliphatic rings. The molecule has 3 nitrogen and oxygen atoms in total. The second kappa shape index (κ2) is 3.67. The van der Waals surface area contributed by atoms with Gasteiger partial charge in [0.25, 0.3) is 0 Å². The highest BCUT2D eigenvalue weighted by Gasteiger charge is 2.07. The van der Waals surface area contributed by atoms with Gasteiger partial charge in [-0.3, -0.25) is 0 Å². The Hall–Kier alpha value is -1.55. The standard InChI is InChI=1S/C9H5ClFNO2/c10-8-5-12-9(14-8)13-7-4-2-1-3-6(7)11/h1-5H. The number of hydrogen-bond donors (Lipinski definition) is 0. The van der Waals surface area contributed by atoms with E-state index in [-0.39, 0.29) is 17.0 Å². The Bertz CT molecular complexity index is 444. The lowest BCUT2D eigenvalue weighted by Gasteiger charge is -2.00. The Kier molecular flexibility index (Phi) is 2.37. The summed E-state index contributed by atoms with van der Waals surface area (Å²) in [6.45, 7) is 0. The van der Waals surface area contributed by atoms with Gasteiger partial charge in [0.15, 0.2) is 11.6 Å². The molecule has 1 heterocycles. The van der Waals surface area contributed by atoms with Crippen molar-refractivity contribution in [3.63, 3.8) is 0 Å². The smallest absolute Gasteiger partial charge is 0.400 e. The van der Waals surface area contributed by atoms with Crippen LogP contribution in [0, 0.1) is 5.82 Å². The Morgan fingerprint density at radius 1 is 1.36 bits per heavy atom. The topological polar surface area (TPSA) is 35.3 Å². The van der Waals surface area contributed by atoms with Crippen LogP contribution in [0.2, 0.25) is 5.22 Å². The molecule has 1 aromatic heterocycles. The number of aromatic nitrogens is 1. The zero-order valence-electron chi connectivity index (χ0n) is 6.91. The third-order valence-corrected chi connectivity index (χ3v) is 1.66. The first kappa shape index (κ1) is 9.02. The number of ether oxygens (including phenoxy) is 1. The lowest BCUT2D eigenvalue weighted by molar-refractivity contribution is 0.318. The van der Waals surface area contributed by atoms with Gasteiger partial charge >= 0.3 is 6.08 Å². The number of rotatable bonds is 2. The van der Waals surface area contributed by atoms with Crippen molar-refractivity contribution >= 4 is 11.6 Å². The van der Waals surface area contributed by atoms with Crippen molar-refractivity contribution < 1.29 is 13.5 Å². The molecule has 2 rings (SSSR count). The van der Waals surface area contributed by atoms with E-state index in [0.717, 1.165) is 0 Å². The first-order chi connectivity index (χ1) is 6.75. The molecule has 0 aliphatic carbocycles. The highest BCUT2D eigenvalue weighted by atomic mass is 35.5. The van der Waals surface area contributed by atoms with Crippen LogP contribution in [0.25, 0.3) is 0 Å². The van der Waals surface area contributed by atoms with Crippen LogP contribution in [0.1, 0.15) is 0 Å². The Balaban J connectivity index is 2.23. The van der Waals surface area contributed by atoms with Gasteiger partial charge in [0.1, 0.15) is 0 Å². The maximum Gasteiger partial charge on any atom is 0.400 e. The minimum atomic E-state index is -0.484. The summed E-state index contributed by atoms with van der Waals surface area (Å²) in [5.41, 5.74) is 0. The maximum absolute atomic E-state index is 13.1. The number of para-hydroxylation sites is 1. The van der Waals surface area contributed by atoms with Crippen LogP contribution in [-0.4, -0.2) is 4.98 Å². The lowest BCUT2D eigenvalue weighted by Crippen LogP contribution is -1.86. The first-order valence-electron chi connectivity index (χ1n) is 3.79. The van der Waals surface area contributed by atoms with Crippen LogP contribution in [0.5, 0.6) is 11.8 Å². The molecule has 0 saturated carbocycles. The summed E-state index contributed by atoms with van der Waals surface area (Å²) < 4.78 is 22.9. The Morgan fingerprint density at radius 3 is 2.79 bits per heavy atom. The predicted octanol–water partition coefficient (Wildman–Crippen LogP) is 3.26. The molecule has 1 aromatic carbocycles. The van der Waals surface area contributed by atoms with E-state index in [9.17, 15) is 4.39 Å². The normalized spacial score (nSPS) is 10.1. The van der Waals surface area contributed by atoms with Gasteiger partial charge in [-0.25, -0.2) is 4.39 Å². The molecule has 0 N–H and O–H groups in total. The molecule has 5 heteroatoms. The van der Waals surface area contributed by atoms with Gasteiger partial charge in [-0.1, -0.05) is 12.1 Å². The van der Waals surface area contributed by atoms with Crippen LogP contribution in [0.3, 0.4) is 0 Å². The largest absolute Gasteiger partial charge is 0.408 e. The molecule has 0 aliphatic heterocycles. The molecule has 0 unspecified atom stereocenters. The highest BCUT2D eigenvalue weighted by molar-refractivity contribution is 6.28. The van der Waals surface area contributed by atoms with E-state index in [1.807, 2.05) is 0 Å². The second-order valence-corrected chi connectivity index (χ2v) is 2.84. The highest BCUT2D eigenvalue weighted by Crippen LogP contribution is 2.24. The van der Waals surface area contributed by atoms with Crippen molar-refractivity contribution in [2.45, 2.75) is 0 Å². The maximum atomic E-state index is 13.1. The average molecular weight is 214 g/mol. The van der Waals surface area contributed by atoms with Gasteiger partial charge in [0.05, 0.1) is 6.20 Å². The van der Waals surface area contributed by atoms with Crippen molar-refractivity contribution in [1.29, 1.82) is 0 Å². The van der Waals surface area contributed by atoms with Gasteiger partial charge in [-0.05, 0) is 23.7 Å². The van der Waals surface area contributed by atoms with Gasteiger partial charge in [0.2, 0.25) is 5.22 Å². The second-order valence-electron chi connectivity index (χ2n) is 2.46. The molecule has 2 aromatic rings. The molecule has 72 valence electrons. The SMILES string of the molecule is Fc1ccccc1Oc1ncc(Cl)o1. The van der Waals surface area contributed by atoms with Gasteiger partial charge in [-0.15, -0.1) is 0 Å². The fourth-order valence-corrected chi connectivity index (χ4v) is 1.02. The zero-order chi connectivity index (χ0) is 9.97. The van der Waals surface area contributed by atoms with Crippen molar-refractivity contribution in [2.75, 3.05) is 0 Å². The summed E-state index contributed by atoms with van der Waals surface area (Å²) in [5, 5.41) is 0.0938. The summed E-state index contributed by atoms with van der Waals surface area (Å²) in [7, 11) is 0. The van der Waals surface area contributed by atoms with Gasteiger partial charge < -0.3 is 9.15 Å². The minimum Gasteiger partial charge on any atom is -0.408 e. The lowest BCUT2D eigenvalue weighted by atomic mass is 10.3. The molecule has 0 spiro atoms. The number of nitrogens with zero attached hydrogens (tertiary/aromatic N) is 1. The van der Waals surface area contributed by atoms with Crippen molar-refractivity contribution in [1.82, 2.24) is 4.98 Å². The summed E-state index contributed by atoms with van der Waals surface area (Å²) in [4.78, 5) is 3.66. The summed E-state index contributed by atoms with van der Waals surface area (Å²) in [5.74, 6) is -0.437. The summed E-state index contributed by atoms with van der Waals surface area (Å²) in [6.07, 6.45) is 1.19. The fraction of sp³-hybridized carbons (Fsp3) is 0. The van der Waals surface area contributed by atoms with Crippen LogP contribution in [0.4, 0.5) is 4.39 Å². The van der Waals surface area contributed by atoms with Crippen LogP contribution in [0.15, 0.2) is 34.9 Å². The van der Waals surface area contributed by atoms with Gasteiger partial charge in [-0.2, -0.15) is 4.98 Å². The molecule has 0 saturated heterocycles. The van der Waals surface area contributed by atoms with E-state index in [0.29, 0.717) is 0 Å². The van der Waals surface area contributed by atoms with E-state index < -0.39 is 5.82 Å². The van der Waals surface area contributed by atoms with Crippen molar-refractivity contribution in [3.05, 3.63) is 41.5 Å². The Labute approximate surface area is 84.1 Å². The molecule has 0 bridgehead atoms. The third-order valence-electron chi connectivity index (χ3n) is 1.49. The quantitative estimate of drug-likeness (QED) is 0.768. The van der Waals surface area contributed by atoms with E-state index in [1.165, 1.54) is 18.3 Å². The molecule has 0 atom stereocenters. The van der Waals surface area contributed by atoms with Gasteiger partial charge in [0, 0.05) is 0 Å². The fourth-order valence-electron chi connectivity index (χ4n) is 0.908. The van der Waals surface area contributed by atoms with Crippen LogP contribution < -0.4 is 4.74 Å². The van der Waals surface area contributed by atoms with E-state index in [2.05, 4.69) is 4.98 Å². The molecule has 0 amide bonds. The number of hydrogen-bond acceptors (Lipinski definition) is 3. The third kappa shape index (κ3) is 1.85. The molecule has 0 radical (unpaired) electrons. The van der Waals surface area contributed by atoms with Crippen LogP contribution in [-0.2, 0) is 0 Å². The number of halogens is 2. The van der Waals surface area contributed by atoms with Crippen molar-refractivity contribution in [2.24, 2.45) is 0 Å². The van der Waals surface area contributed by atoms with Crippen LogP contribution >= 0.6 is 11.6 Å². The van der Waals surface area contributed by atoms with Crippen molar-refractivity contribution in [3.8, 4) is 11.8 Å². The van der Waals surface area contributed by atoms with E-state index in [1.54, 1.807) is 12.1 Å². The minimum absolute atomic E-state index is 0.0472. The molecular weight excluding hydrogens is 209 g/mol. The first-order valence-corrected chi connectivity index (χ1v) is 4.17. The molecular formula is C9H5ClFNO2.